The predicted octanol–water partition coefficient (Wildman–Crippen LogP) is -0.487. The van der Waals surface area contributed by atoms with Gasteiger partial charge in [0.2, 0.25) is 0 Å². The third kappa shape index (κ3) is 2.72. The van der Waals surface area contributed by atoms with Crippen LogP contribution in [-0.2, 0) is 9.53 Å². The maximum atomic E-state index is 11.6. The van der Waals surface area contributed by atoms with Crippen LogP contribution >= 0.6 is 0 Å². The quantitative estimate of drug-likeness (QED) is 0.662. The largest absolute Gasteiger partial charge is 0.468 e. The van der Waals surface area contributed by atoms with Crippen LogP contribution in [-0.4, -0.2) is 67.7 Å². The molecule has 2 N–H and O–H groups in total. The van der Waals surface area contributed by atoms with Gasteiger partial charge in [-0.05, 0) is 20.9 Å². The summed E-state index contributed by atoms with van der Waals surface area (Å²) in [6, 6.07) is -0.307. The Balaban J connectivity index is 2.70. The van der Waals surface area contributed by atoms with Gasteiger partial charge < -0.3 is 10.5 Å². The summed E-state index contributed by atoms with van der Waals surface area (Å²) in [5.41, 5.74) is 5.72. The van der Waals surface area contributed by atoms with Crippen LogP contribution in [0.4, 0.5) is 0 Å². The molecule has 94 valence electrons. The number of rotatable bonds is 3. The summed E-state index contributed by atoms with van der Waals surface area (Å²) in [5.74, 6) is -0.233. The Morgan fingerprint density at radius 3 is 2.56 bits per heavy atom. The van der Waals surface area contributed by atoms with E-state index in [4.69, 9.17) is 10.5 Å². The normalized spacial score (nSPS) is 24.1. The summed E-state index contributed by atoms with van der Waals surface area (Å²) in [5, 5.41) is 0. The summed E-state index contributed by atoms with van der Waals surface area (Å²) in [4.78, 5) is 16.0. The molecular weight excluding hydrogens is 206 g/mol. The number of carbonyl (C=O) groups excluding carboxylic acids is 1. The number of hydrogen-bond donors (Lipinski definition) is 1. The topological polar surface area (TPSA) is 58.8 Å². The molecule has 5 nitrogen and oxygen atoms in total. The summed E-state index contributed by atoms with van der Waals surface area (Å²) in [6.45, 7) is 7.29. The van der Waals surface area contributed by atoms with E-state index in [0.29, 0.717) is 6.54 Å². The number of likely N-dealkylation sites (N-methyl/N-ethyl adjacent to an activating group) is 1. The first kappa shape index (κ1) is 13.4. The second-order valence-corrected chi connectivity index (χ2v) is 4.98. The van der Waals surface area contributed by atoms with Crippen LogP contribution in [0.2, 0.25) is 0 Å². The van der Waals surface area contributed by atoms with Crippen LogP contribution in [0.3, 0.4) is 0 Å². The first-order valence-electron chi connectivity index (χ1n) is 5.65. The summed E-state index contributed by atoms with van der Waals surface area (Å²) >= 11 is 0. The van der Waals surface area contributed by atoms with Gasteiger partial charge in [0.1, 0.15) is 6.04 Å². The van der Waals surface area contributed by atoms with Crippen LogP contribution in [0, 0.1) is 0 Å². The SMILES string of the molecule is COC(=O)C(CN)N1CCN(C)C(C)(C)C1. The minimum atomic E-state index is -0.307. The fourth-order valence-electron chi connectivity index (χ4n) is 2.07. The molecule has 0 saturated carbocycles. The smallest absolute Gasteiger partial charge is 0.324 e. The average molecular weight is 229 g/mol. The molecule has 0 aromatic heterocycles. The number of methoxy groups -OCH3 is 1. The van der Waals surface area contributed by atoms with Crippen molar-refractivity contribution in [1.82, 2.24) is 9.80 Å². The highest BCUT2D eigenvalue weighted by Crippen LogP contribution is 2.20. The van der Waals surface area contributed by atoms with Gasteiger partial charge in [-0.3, -0.25) is 14.6 Å². The van der Waals surface area contributed by atoms with E-state index in [2.05, 4.69) is 30.7 Å². The maximum Gasteiger partial charge on any atom is 0.324 e. The number of esters is 1. The lowest BCUT2D eigenvalue weighted by atomic mass is 9.98. The molecule has 0 aromatic rings. The van der Waals surface area contributed by atoms with Gasteiger partial charge in [0, 0.05) is 31.7 Å². The predicted molar refractivity (Wildman–Crippen MR) is 63.1 cm³/mol. The molecule has 0 amide bonds. The number of hydrogen-bond acceptors (Lipinski definition) is 5. The molecule has 1 aliphatic rings. The fraction of sp³-hybridized carbons (Fsp3) is 0.909. The van der Waals surface area contributed by atoms with Crippen molar-refractivity contribution < 1.29 is 9.53 Å². The van der Waals surface area contributed by atoms with Gasteiger partial charge in [0.05, 0.1) is 7.11 Å². The van der Waals surface area contributed by atoms with E-state index in [0.717, 1.165) is 19.6 Å². The highest BCUT2D eigenvalue weighted by molar-refractivity contribution is 5.76. The van der Waals surface area contributed by atoms with Crippen LogP contribution in [0.15, 0.2) is 0 Å². The number of piperazine rings is 1. The first-order chi connectivity index (χ1) is 7.42. The second kappa shape index (κ2) is 5.12. The van der Waals surface area contributed by atoms with E-state index >= 15 is 0 Å². The van der Waals surface area contributed by atoms with E-state index in [1.54, 1.807) is 0 Å². The van der Waals surface area contributed by atoms with Crippen LogP contribution < -0.4 is 5.73 Å². The Kier molecular flexibility index (Phi) is 4.29. The molecule has 0 radical (unpaired) electrons. The monoisotopic (exact) mass is 229 g/mol. The molecule has 16 heavy (non-hydrogen) atoms. The molecule has 1 aliphatic heterocycles. The molecule has 1 heterocycles. The van der Waals surface area contributed by atoms with Crippen molar-refractivity contribution in [3.8, 4) is 0 Å². The zero-order chi connectivity index (χ0) is 12.3. The Hall–Kier alpha value is -0.650. The standard InChI is InChI=1S/C11H23N3O2/c1-11(2)8-14(6-5-13(11)3)9(7-12)10(15)16-4/h9H,5-8,12H2,1-4H3. The molecule has 1 saturated heterocycles. The lowest BCUT2D eigenvalue weighted by Gasteiger charge is -2.47. The van der Waals surface area contributed by atoms with E-state index in [9.17, 15) is 4.79 Å². The van der Waals surface area contributed by atoms with Crippen LogP contribution in [0.25, 0.3) is 0 Å². The highest BCUT2D eigenvalue weighted by atomic mass is 16.5. The number of nitrogens with two attached hydrogens (primary N) is 1. The van der Waals surface area contributed by atoms with Crippen molar-refractivity contribution in [2.45, 2.75) is 25.4 Å². The van der Waals surface area contributed by atoms with Crippen molar-refractivity contribution in [2.75, 3.05) is 40.3 Å². The number of carbonyl (C=O) groups is 1. The van der Waals surface area contributed by atoms with Gasteiger partial charge in [-0.2, -0.15) is 0 Å². The minimum Gasteiger partial charge on any atom is -0.468 e. The van der Waals surface area contributed by atoms with Gasteiger partial charge >= 0.3 is 5.97 Å². The third-order valence-corrected chi connectivity index (χ3v) is 3.48. The number of nitrogens with zero attached hydrogens (tertiary/aromatic N) is 2. The van der Waals surface area contributed by atoms with Crippen LogP contribution in [0.5, 0.6) is 0 Å². The van der Waals surface area contributed by atoms with Gasteiger partial charge in [-0.15, -0.1) is 0 Å². The second-order valence-electron chi connectivity index (χ2n) is 4.98. The molecule has 0 bridgehead atoms. The Morgan fingerprint density at radius 2 is 2.12 bits per heavy atom. The average Bonchev–Trinajstić information content (AvgIpc) is 2.23. The first-order valence-corrected chi connectivity index (χ1v) is 5.65. The Bertz CT molecular complexity index is 256. The van der Waals surface area contributed by atoms with Gasteiger partial charge in [0.25, 0.3) is 0 Å². The molecule has 1 unspecified atom stereocenters. The maximum absolute atomic E-state index is 11.6. The zero-order valence-electron chi connectivity index (χ0n) is 10.7. The summed E-state index contributed by atoms with van der Waals surface area (Å²) < 4.78 is 4.78. The van der Waals surface area contributed by atoms with Crippen molar-refractivity contribution in [2.24, 2.45) is 5.73 Å². The minimum absolute atomic E-state index is 0.0691. The van der Waals surface area contributed by atoms with Crippen molar-refractivity contribution in [3.05, 3.63) is 0 Å². The molecule has 5 heteroatoms. The number of ether oxygens (including phenoxy) is 1. The fourth-order valence-corrected chi connectivity index (χ4v) is 2.07. The summed E-state index contributed by atoms with van der Waals surface area (Å²) in [7, 11) is 3.51. The summed E-state index contributed by atoms with van der Waals surface area (Å²) in [6.07, 6.45) is 0. The molecular formula is C11H23N3O2. The lowest BCUT2D eigenvalue weighted by molar-refractivity contribution is -0.148. The molecule has 0 aromatic carbocycles. The lowest BCUT2D eigenvalue weighted by Crippen LogP contribution is -2.62. The Labute approximate surface area is 97.5 Å². The molecule has 1 fully saturated rings. The van der Waals surface area contributed by atoms with Gasteiger partial charge in [0.15, 0.2) is 0 Å². The van der Waals surface area contributed by atoms with E-state index < -0.39 is 0 Å². The highest BCUT2D eigenvalue weighted by Gasteiger charge is 2.36. The van der Waals surface area contributed by atoms with Crippen molar-refractivity contribution in [1.29, 1.82) is 0 Å². The zero-order valence-corrected chi connectivity index (χ0v) is 10.7. The van der Waals surface area contributed by atoms with Crippen molar-refractivity contribution in [3.63, 3.8) is 0 Å². The van der Waals surface area contributed by atoms with E-state index in [1.165, 1.54) is 7.11 Å². The molecule has 1 atom stereocenters. The van der Waals surface area contributed by atoms with Gasteiger partial charge in [-0.25, -0.2) is 0 Å². The molecule has 0 spiro atoms. The van der Waals surface area contributed by atoms with E-state index in [-0.39, 0.29) is 17.6 Å². The van der Waals surface area contributed by atoms with Crippen LogP contribution in [0.1, 0.15) is 13.8 Å². The third-order valence-electron chi connectivity index (χ3n) is 3.48. The molecule has 0 aliphatic carbocycles. The van der Waals surface area contributed by atoms with Crippen molar-refractivity contribution >= 4 is 5.97 Å². The van der Waals surface area contributed by atoms with E-state index in [1.807, 2.05) is 0 Å². The van der Waals surface area contributed by atoms with Gasteiger partial charge in [-0.1, -0.05) is 0 Å². The molecule has 1 rings (SSSR count). The Morgan fingerprint density at radius 1 is 1.50 bits per heavy atom.